The molecule has 3 rings (SSSR count). The summed E-state index contributed by atoms with van der Waals surface area (Å²) in [7, 11) is -3.95. The number of aryl methyl sites for hydroxylation is 3. The van der Waals surface area contributed by atoms with E-state index in [9.17, 15) is 13.2 Å². The van der Waals surface area contributed by atoms with Gasteiger partial charge in [-0.25, -0.2) is 4.79 Å². The third-order valence-electron chi connectivity index (χ3n) is 5.07. The molecule has 0 fully saturated rings. The number of carboxylic acids is 1. The number of carboxylic acid groups (broad SMARTS) is 1. The van der Waals surface area contributed by atoms with E-state index in [1.165, 1.54) is 22.5 Å². The number of sulfonamides is 1. The highest BCUT2D eigenvalue weighted by Crippen LogP contribution is 2.36. The fourth-order valence-electron chi connectivity index (χ4n) is 3.17. The number of halogens is 1. The molecule has 0 amide bonds. The molecule has 0 aliphatic heterocycles. The van der Waals surface area contributed by atoms with Crippen LogP contribution in [0.2, 0.25) is 5.02 Å². The predicted octanol–water partition coefficient (Wildman–Crippen LogP) is 5.35. The zero-order valence-corrected chi connectivity index (χ0v) is 19.7. The maximum atomic E-state index is 13.3. The van der Waals surface area contributed by atoms with E-state index in [-0.39, 0.29) is 28.8 Å². The maximum Gasteiger partial charge on any atom is 0.335 e. The van der Waals surface area contributed by atoms with E-state index in [1.54, 1.807) is 38.1 Å². The molecule has 0 radical (unpaired) electrons. The van der Waals surface area contributed by atoms with Crippen LogP contribution < -0.4 is 9.04 Å². The highest BCUT2D eigenvalue weighted by molar-refractivity contribution is 7.92. The van der Waals surface area contributed by atoms with Gasteiger partial charge in [0, 0.05) is 17.1 Å². The second kappa shape index (κ2) is 9.26. The summed E-state index contributed by atoms with van der Waals surface area (Å²) in [4.78, 5) is 11.1. The first-order valence-electron chi connectivity index (χ1n) is 9.89. The molecule has 0 spiro atoms. The van der Waals surface area contributed by atoms with E-state index >= 15 is 0 Å². The van der Waals surface area contributed by atoms with Gasteiger partial charge in [0.1, 0.15) is 18.1 Å². The predicted molar refractivity (Wildman–Crippen MR) is 122 cm³/mol. The molecule has 0 atom stereocenters. The first kappa shape index (κ1) is 23.7. The monoisotopic (exact) mass is 477 g/mol. The third kappa shape index (κ3) is 4.76. The van der Waals surface area contributed by atoms with Gasteiger partial charge in [-0.3, -0.25) is 4.31 Å². The number of ether oxygens (including phenoxy) is 1. The molecular weight excluding hydrogens is 454 g/mol. The van der Waals surface area contributed by atoms with Gasteiger partial charge in [0.15, 0.2) is 0 Å². The maximum absolute atomic E-state index is 13.3. The topological polar surface area (TPSA) is 97.0 Å². The van der Waals surface area contributed by atoms with Crippen molar-refractivity contribution < 1.29 is 27.5 Å². The average Bonchev–Trinajstić information content (AvgIpc) is 3.17. The van der Waals surface area contributed by atoms with Gasteiger partial charge in [-0.05, 0) is 75.2 Å². The molecule has 0 bridgehead atoms. The van der Waals surface area contributed by atoms with Gasteiger partial charge in [0.25, 0.3) is 10.0 Å². The lowest BCUT2D eigenvalue weighted by Crippen LogP contribution is -2.31. The average molecular weight is 478 g/mol. The zero-order chi connectivity index (χ0) is 23.6. The van der Waals surface area contributed by atoms with Crippen molar-refractivity contribution >= 4 is 33.3 Å². The van der Waals surface area contributed by atoms with Crippen LogP contribution in [0.4, 0.5) is 5.69 Å². The third-order valence-corrected chi connectivity index (χ3v) is 7.19. The summed E-state index contributed by atoms with van der Waals surface area (Å²) in [6.07, 6.45) is 0. The largest absolute Gasteiger partial charge is 0.487 e. The first-order valence-corrected chi connectivity index (χ1v) is 11.7. The van der Waals surface area contributed by atoms with E-state index in [0.717, 1.165) is 11.1 Å². The molecule has 1 heterocycles. The Morgan fingerprint density at radius 1 is 1.09 bits per heavy atom. The lowest BCUT2D eigenvalue weighted by Gasteiger charge is -2.25. The van der Waals surface area contributed by atoms with E-state index in [4.69, 9.17) is 25.9 Å². The summed E-state index contributed by atoms with van der Waals surface area (Å²) < 4.78 is 39.1. The number of anilines is 1. The van der Waals surface area contributed by atoms with E-state index in [2.05, 4.69) is 0 Å². The summed E-state index contributed by atoms with van der Waals surface area (Å²) in [5.41, 5.74) is 2.86. The molecule has 0 unspecified atom stereocenters. The Morgan fingerprint density at radius 2 is 1.78 bits per heavy atom. The van der Waals surface area contributed by atoms with Crippen molar-refractivity contribution in [1.82, 2.24) is 0 Å². The van der Waals surface area contributed by atoms with Crippen LogP contribution in [-0.2, 0) is 16.6 Å². The number of hydrogen-bond acceptors (Lipinski definition) is 5. The standard InChI is InChI=1S/C23H24ClNO6S/c1-5-25(32(28,29)22-9-6-16(4)31-22)20-10-14(2)15(3)11-21(20)30-13-18-8-7-17(23(26)27)12-19(18)24/h6-12H,5,13H2,1-4H3,(H,26,27). The number of hydrogen-bond donors (Lipinski definition) is 1. The molecule has 1 N–H and O–H groups in total. The fraction of sp³-hybridized carbons (Fsp3) is 0.261. The smallest absolute Gasteiger partial charge is 0.335 e. The summed E-state index contributed by atoms with van der Waals surface area (Å²) in [6.45, 7) is 7.40. The van der Waals surface area contributed by atoms with Crippen molar-refractivity contribution in [2.24, 2.45) is 0 Å². The molecule has 3 aromatic rings. The van der Waals surface area contributed by atoms with Crippen molar-refractivity contribution in [1.29, 1.82) is 0 Å². The van der Waals surface area contributed by atoms with Crippen LogP contribution in [0.3, 0.4) is 0 Å². The number of carbonyl (C=O) groups is 1. The second-order valence-electron chi connectivity index (χ2n) is 7.34. The summed E-state index contributed by atoms with van der Waals surface area (Å²) in [5, 5.41) is 9.21. The molecule has 170 valence electrons. The van der Waals surface area contributed by atoms with Crippen molar-refractivity contribution in [2.75, 3.05) is 10.8 Å². The normalized spacial score (nSPS) is 11.4. The van der Waals surface area contributed by atoms with Crippen LogP contribution in [0.15, 0.2) is 52.0 Å². The Morgan fingerprint density at radius 3 is 2.34 bits per heavy atom. The minimum atomic E-state index is -3.95. The van der Waals surface area contributed by atoms with Crippen molar-refractivity contribution in [3.05, 3.63) is 75.5 Å². The van der Waals surface area contributed by atoms with Gasteiger partial charge in [-0.1, -0.05) is 17.7 Å². The molecule has 1 aromatic heterocycles. The lowest BCUT2D eigenvalue weighted by atomic mass is 10.1. The van der Waals surface area contributed by atoms with E-state index in [1.807, 2.05) is 13.8 Å². The van der Waals surface area contributed by atoms with Crippen LogP contribution in [0.25, 0.3) is 0 Å². The van der Waals surface area contributed by atoms with Gasteiger partial charge in [0.2, 0.25) is 5.09 Å². The molecule has 32 heavy (non-hydrogen) atoms. The van der Waals surface area contributed by atoms with E-state index < -0.39 is 16.0 Å². The summed E-state index contributed by atoms with van der Waals surface area (Å²) in [6, 6.07) is 10.9. The Kier molecular flexibility index (Phi) is 6.85. The molecule has 0 saturated heterocycles. The molecule has 9 heteroatoms. The SMILES string of the molecule is CCN(c1cc(C)c(C)cc1OCc1ccc(C(=O)O)cc1Cl)S(=O)(=O)c1ccc(C)o1. The van der Waals surface area contributed by atoms with Crippen LogP contribution in [0.1, 0.15) is 39.7 Å². The van der Waals surface area contributed by atoms with Crippen molar-refractivity contribution in [2.45, 2.75) is 39.4 Å². The minimum absolute atomic E-state index is 0.0334. The Balaban J connectivity index is 1.99. The van der Waals surface area contributed by atoms with Crippen molar-refractivity contribution in [3.63, 3.8) is 0 Å². The zero-order valence-electron chi connectivity index (χ0n) is 18.2. The molecule has 0 aliphatic carbocycles. The Bertz CT molecular complexity index is 1270. The van der Waals surface area contributed by atoms with E-state index in [0.29, 0.717) is 22.8 Å². The number of benzene rings is 2. The molecule has 7 nitrogen and oxygen atoms in total. The van der Waals surface area contributed by atoms with Crippen molar-refractivity contribution in [3.8, 4) is 5.75 Å². The molecular formula is C23H24ClNO6S. The first-order chi connectivity index (χ1) is 15.0. The molecule has 0 saturated carbocycles. The number of furan rings is 1. The van der Waals surface area contributed by atoms with Gasteiger partial charge in [-0.15, -0.1) is 0 Å². The Labute approximate surface area is 192 Å². The number of aromatic carboxylic acids is 1. The highest BCUT2D eigenvalue weighted by Gasteiger charge is 2.29. The van der Waals surface area contributed by atoms with Gasteiger partial charge >= 0.3 is 5.97 Å². The lowest BCUT2D eigenvalue weighted by molar-refractivity contribution is 0.0697. The number of nitrogens with zero attached hydrogens (tertiary/aromatic N) is 1. The summed E-state index contributed by atoms with van der Waals surface area (Å²) in [5.74, 6) is -0.219. The molecule has 0 aliphatic rings. The van der Waals surface area contributed by atoms with Crippen LogP contribution in [0, 0.1) is 20.8 Å². The fourth-order valence-corrected chi connectivity index (χ4v) is 4.84. The summed E-state index contributed by atoms with van der Waals surface area (Å²) >= 11 is 6.22. The van der Waals surface area contributed by atoms with Crippen LogP contribution in [-0.4, -0.2) is 26.0 Å². The van der Waals surface area contributed by atoms with Crippen LogP contribution in [0.5, 0.6) is 5.75 Å². The Hall–Kier alpha value is -2.97. The quantitative estimate of drug-likeness (QED) is 0.469. The van der Waals surface area contributed by atoms with Gasteiger partial charge in [-0.2, -0.15) is 8.42 Å². The molecule has 2 aromatic carbocycles. The van der Waals surface area contributed by atoms with Gasteiger partial charge < -0.3 is 14.3 Å². The highest BCUT2D eigenvalue weighted by atomic mass is 35.5. The van der Waals surface area contributed by atoms with Crippen LogP contribution >= 0.6 is 11.6 Å². The number of rotatable bonds is 8. The minimum Gasteiger partial charge on any atom is -0.487 e. The second-order valence-corrected chi connectivity index (χ2v) is 9.54. The van der Waals surface area contributed by atoms with Gasteiger partial charge in [0.05, 0.1) is 11.3 Å².